The Morgan fingerprint density at radius 1 is 1.27 bits per heavy atom. The predicted octanol–water partition coefficient (Wildman–Crippen LogP) is 3.98. The molecule has 118 valence electrons. The monoisotopic (exact) mass is 341 g/mol. The minimum absolute atomic E-state index is 0.225. The first-order valence-corrected chi connectivity index (χ1v) is 8.75. The van der Waals surface area contributed by atoms with Crippen molar-refractivity contribution < 1.29 is 13.3 Å². The van der Waals surface area contributed by atoms with Crippen molar-refractivity contribution in [1.29, 1.82) is 0 Å². The molecule has 22 heavy (non-hydrogen) atoms. The molecule has 0 aliphatic carbocycles. The quantitative estimate of drug-likeness (QED) is 0.863. The third kappa shape index (κ3) is 4.45. The Morgan fingerprint density at radius 2 is 2.05 bits per heavy atom. The molecule has 2 rings (SSSR count). The number of benzene rings is 2. The lowest BCUT2D eigenvalue weighted by molar-refractivity contribution is 0.386. The first-order chi connectivity index (χ1) is 10.5. The van der Waals surface area contributed by atoms with Gasteiger partial charge in [0.25, 0.3) is 0 Å². The molecule has 0 saturated heterocycles. The average Bonchev–Trinajstić information content (AvgIpc) is 2.47. The van der Waals surface area contributed by atoms with E-state index in [1.54, 1.807) is 24.5 Å². The van der Waals surface area contributed by atoms with Crippen molar-refractivity contribution in [2.75, 3.05) is 18.7 Å². The molecule has 6 heteroatoms. The van der Waals surface area contributed by atoms with Crippen LogP contribution in [-0.2, 0) is 23.1 Å². The summed E-state index contributed by atoms with van der Waals surface area (Å²) >= 11 is 6.09. The van der Waals surface area contributed by atoms with Crippen molar-refractivity contribution in [3.8, 4) is 5.75 Å². The fourth-order valence-electron chi connectivity index (χ4n) is 2.04. The molecule has 0 unspecified atom stereocenters. The second-order valence-corrected chi connectivity index (χ2v) is 6.69. The van der Waals surface area contributed by atoms with Crippen LogP contribution >= 0.6 is 11.6 Å². The van der Waals surface area contributed by atoms with Gasteiger partial charge < -0.3 is 10.1 Å². The first-order valence-electron chi connectivity index (χ1n) is 6.64. The molecular weight excluding hydrogens is 325 g/mol. The van der Waals surface area contributed by atoms with Crippen LogP contribution in [0.1, 0.15) is 11.1 Å². The van der Waals surface area contributed by atoms with Gasteiger partial charge in [0.05, 0.1) is 7.11 Å². The van der Waals surface area contributed by atoms with Gasteiger partial charge in [-0.05, 0) is 41.5 Å². The zero-order valence-electron chi connectivity index (χ0n) is 12.4. The molecule has 2 aromatic rings. The molecule has 1 N–H and O–H groups in total. The number of hydrogen-bond acceptors (Lipinski definition) is 3. The van der Waals surface area contributed by atoms with Crippen LogP contribution in [0, 0.1) is 5.82 Å². The smallest absolute Gasteiger partial charge is 0.165 e. The molecule has 0 radical (unpaired) electrons. The van der Waals surface area contributed by atoms with E-state index in [1.165, 1.54) is 13.2 Å². The van der Waals surface area contributed by atoms with Gasteiger partial charge in [0.15, 0.2) is 11.6 Å². The van der Waals surface area contributed by atoms with E-state index in [4.69, 9.17) is 16.3 Å². The molecular formula is C16H17ClFNO2S. The van der Waals surface area contributed by atoms with E-state index in [0.29, 0.717) is 17.3 Å². The molecule has 0 heterocycles. The zero-order chi connectivity index (χ0) is 16.1. The number of halogens is 2. The second kappa shape index (κ2) is 7.61. The maximum absolute atomic E-state index is 13.6. The molecule has 3 nitrogen and oxygen atoms in total. The van der Waals surface area contributed by atoms with Gasteiger partial charge in [0.1, 0.15) is 0 Å². The second-order valence-electron chi connectivity index (χ2n) is 4.85. The summed E-state index contributed by atoms with van der Waals surface area (Å²) in [5.74, 6) is 0.244. The highest BCUT2D eigenvalue weighted by molar-refractivity contribution is 7.83. The lowest BCUT2D eigenvalue weighted by Crippen LogP contribution is -2.02. The van der Waals surface area contributed by atoms with Gasteiger partial charge in [-0.1, -0.05) is 17.7 Å². The minimum Gasteiger partial charge on any atom is -0.494 e. The summed E-state index contributed by atoms with van der Waals surface area (Å²) in [6, 6.07) is 10.3. The van der Waals surface area contributed by atoms with Crippen LogP contribution in [0.25, 0.3) is 0 Å². The standard InChI is InChI=1S/C16H17ClFNO2S/c1-21-16-6-3-11(7-15(16)18)9-19-13-4-5-14(17)12(8-13)10-22(2)20/h3-8,19H,9-10H2,1-2H3/t22-/m1/s1. The maximum atomic E-state index is 13.6. The van der Waals surface area contributed by atoms with E-state index in [9.17, 15) is 8.60 Å². The Labute approximate surface area is 136 Å². The SMILES string of the molecule is COc1ccc(CNc2ccc(Cl)c(C[S@@](C)=O)c2)cc1F. The topological polar surface area (TPSA) is 38.3 Å². The van der Waals surface area contributed by atoms with E-state index < -0.39 is 10.8 Å². The van der Waals surface area contributed by atoms with Crippen LogP contribution in [0.5, 0.6) is 5.75 Å². The Hall–Kier alpha value is -1.59. The van der Waals surface area contributed by atoms with E-state index >= 15 is 0 Å². The van der Waals surface area contributed by atoms with Crippen molar-refractivity contribution in [2.45, 2.75) is 12.3 Å². The summed E-state index contributed by atoms with van der Waals surface area (Å²) < 4.78 is 29.9. The summed E-state index contributed by atoms with van der Waals surface area (Å²) in [6.45, 7) is 0.469. The number of ether oxygens (including phenoxy) is 1. The van der Waals surface area contributed by atoms with Crippen molar-refractivity contribution in [1.82, 2.24) is 0 Å². The Kier molecular flexibility index (Phi) is 5.80. The minimum atomic E-state index is -0.958. The van der Waals surface area contributed by atoms with Gasteiger partial charge in [0.2, 0.25) is 0 Å². The van der Waals surface area contributed by atoms with E-state index in [2.05, 4.69) is 5.32 Å². The summed E-state index contributed by atoms with van der Waals surface area (Å²) in [7, 11) is 0.476. The highest BCUT2D eigenvalue weighted by atomic mass is 35.5. The van der Waals surface area contributed by atoms with Crippen LogP contribution in [0.15, 0.2) is 36.4 Å². The van der Waals surface area contributed by atoms with Crippen LogP contribution in [-0.4, -0.2) is 17.6 Å². The average molecular weight is 342 g/mol. The summed E-state index contributed by atoms with van der Waals surface area (Å²) in [5.41, 5.74) is 2.48. The number of methoxy groups -OCH3 is 1. The molecule has 0 fully saturated rings. The Bertz CT molecular complexity index is 694. The van der Waals surface area contributed by atoms with Gasteiger partial charge in [0, 0.05) is 40.1 Å². The van der Waals surface area contributed by atoms with Gasteiger partial charge in [-0.3, -0.25) is 4.21 Å². The molecule has 0 bridgehead atoms. The first kappa shape index (κ1) is 16.8. The summed E-state index contributed by atoms with van der Waals surface area (Å²) in [5, 5.41) is 3.80. The molecule has 0 amide bonds. The fourth-order valence-corrected chi connectivity index (χ4v) is 2.98. The maximum Gasteiger partial charge on any atom is 0.165 e. The largest absolute Gasteiger partial charge is 0.494 e. The molecule has 0 spiro atoms. The lowest BCUT2D eigenvalue weighted by atomic mass is 10.2. The molecule has 0 saturated carbocycles. The van der Waals surface area contributed by atoms with Crippen LogP contribution in [0.4, 0.5) is 10.1 Å². The van der Waals surface area contributed by atoms with Gasteiger partial charge in [-0.15, -0.1) is 0 Å². The Balaban J connectivity index is 2.08. The highest BCUT2D eigenvalue weighted by Crippen LogP contribution is 2.23. The van der Waals surface area contributed by atoms with Crippen molar-refractivity contribution in [3.05, 3.63) is 58.4 Å². The Morgan fingerprint density at radius 3 is 2.68 bits per heavy atom. The van der Waals surface area contributed by atoms with Crippen molar-refractivity contribution in [2.24, 2.45) is 0 Å². The van der Waals surface area contributed by atoms with Crippen LogP contribution in [0.3, 0.4) is 0 Å². The fraction of sp³-hybridized carbons (Fsp3) is 0.250. The summed E-state index contributed by atoms with van der Waals surface area (Å²) in [6.07, 6.45) is 1.64. The lowest BCUT2D eigenvalue weighted by Gasteiger charge is -2.10. The van der Waals surface area contributed by atoms with Gasteiger partial charge in [-0.2, -0.15) is 0 Å². The van der Waals surface area contributed by atoms with Crippen molar-refractivity contribution >= 4 is 28.1 Å². The number of hydrogen-bond donors (Lipinski definition) is 1. The van der Waals surface area contributed by atoms with Crippen LogP contribution < -0.4 is 10.1 Å². The van der Waals surface area contributed by atoms with Crippen molar-refractivity contribution in [3.63, 3.8) is 0 Å². The summed E-state index contributed by atoms with van der Waals surface area (Å²) in [4.78, 5) is 0. The highest BCUT2D eigenvalue weighted by Gasteiger charge is 2.06. The third-order valence-electron chi connectivity index (χ3n) is 3.12. The van der Waals surface area contributed by atoms with Gasteiger partial charge in [-0.25, -0.2) is 4.39 Å². The van der Waals surface area contributed by atoms with Crippen LogP contribution in [0.2, 0.25) is 5.02 Å². The molecule has 2 aromatic carbocycles. The molecule has 0 aliphatic heterocycles. The predicted molar refractivity (Wildman–Crippen MR) is 89.5 cm³/mol. The van der Waals surface area contributed by atoms with E-state index in [1.807, 2.05) is 12.1 Å². The van der Waals surface area contributed by atoms with Gasteiger partial charge >= 0.3 is 0 Å². The van der Waals surface area contributed by atoms with E-state index in [-0.39, 0.29) is 11.6 Å². The third-order valence-corrected chi connectivity index (χ3v) is 4.20. The number of rotatable bonds is 6. The number of anilines is 1. The number of nitrogens with one attached hydrogen (secondary N) is 1. The molecule has 0 aliphatic rings. The normalized spacial score (nSPS) is 12.0. The molecule has 1 atom stereocenters. The van der Waals surface area contributed by atoms with E-state index in [0.717, 1.165) is 16.8 Å². The zero-order valence-corrected chi connectivity index (χ0v) is 13.9. The molecule has 0 aromatic heterocycles.